The van der Waals surface area contributed by atoms with E-state index >= 15 is 0 Å². The van der Waals surface area contributed by atoms with Gasteiger partial charge in [-0.2, -0.15) is 0 Å². The number of rotatable bonds is 4. The largest absolute Gasteiger partial charge is 0.377 e. The van der Waals surface area contributed by atoms with Crippen molar-refractivity contribution in [1.29, 1.82) is 0 Å². The lowest BCUT2D eigenvalue weighted by molar-refractivity contribution is 0.475. The van der Waals surface area contributed by atoms with Crippen molar-refractivity contribution in [3.05, 3.63) is 50.9 Å². The average Bonchev–Trinajstić information content (AvgIpc) is 3.12. The fourth-order valence-electron chi connectivity index (χ4n) is 2.95. The summed E-state index contributed by atoms with van der Waals surface area (Å²) in [6, 6.07) is 9.78. The van der Waals surface area contributed by atoms with E-state index in [2.05, 4.69) is 38.8 Å². The Balaban J connectivity index is 1.84. The second-order valence-corrected chi connectivity index (χ2v) is 7.14. The molecule has 0 amide bonds. The van der Waals surface area contributed by atoms with Crippen LogP contribution in [0.4, 0.5) is 10.1 Å². The fourth-order valence-corrected chi connectivity index (χ4v) is 4.19. The van der Waals surface area contributed by atoms with E-state index in [-0.39, 0.29) is 5.82 Å². The Bertz CT molecular complexity index is 564. The molecule has 1 saturated carbocycles. The van der Waals surface area contributed by atoms with Gasteiger partial charge in [-0.05, 0) is 64.3 Å². The third-order valence-electron chi connectivity index (χ3n) is 3.96. The van der Waals surface area contributed by atoms with Crippen molar-refractivity contribution >= 4 is 33.0 Å². The summed E-state index contributed by atoms with van der Waals surface area (Å²) in [5.74, 6) is 0.460. The van der Waals surface area contributed by atoms with Gasteiger partial charge in [-0.15, -0.1) is 11.3 Å². The highest BCUT2D eigenvalue weighted by molar-refractivity contribution is 9.10. The van der Waals surface area contributed by atoms with E-state index in [4.69, 9.17) is 0 Å². The lowest BCUT2D eigenvalue weighted by Crippen LogP contribution is -2.18. The van der Waals surface area contributed by atoms with Gasteiger partial charge in [-0.1, -0.05) is 18.9 Å². The Morgan fingerprint density at radius 3 is 2.70 bits per heavy atom. The Morgan fingerprint density at radius 1 is 1.25 bits per heavy atom. The smallest absolute Gasteiger partial charge is 0.137 e. The third kappa shape index (κ3) is 3.07. The van der Waals surface area contributed by atoms with E-state index in [9.17, 15) is 4.39 Å². The lowest BCUT2D eigenvalue weighted by atomic mass is 9.96. The van der Waals surface area contributed by atoms with E-state index < -0.39 is 0 Å². The molecule has 2 aromatic rings. The van der Waals surface area contributed by atoms with E-state index in [1.807, 2.05) is 12.1 Å². The van der Waals surface area contributed by atoms with Gasteiger partial charge >= 0.3 is 0 Å². The second kappa shape index (κ2) is 6.27. The minimum absolute atomic E-state index is 0.218. The average molecular weight is 354 g/mol. The van der Waals surface area contributed by atoms with Crippen LogP contribution in [0.2, 0.25) is 0 Å². The first-order valence-electron chi connectivity index (χ1n) is 6.99. The predicted molar refractivity (Wildman–Crippen MR) is 86.7 cm³/mol. The first kappa shape index (κ1) is 14.1. The van der Waals surface area contributed by atoms with Crippen molar-refractivity contribution in [2.75, 3.05) is 5.32 Å². The Labute approximate surface area is 131 Å². The van der Waals surface area contributed by atoms with Crippen molar-refractivity contribution in [1.82, 2.24) is 0 Å². The van der Waals surface area contributed by atoms with E-state index in [1.165, 1.54) is 36.6 Å². The number of halogens is 2. The third-order valence-corrected chi connectivity index (χ3v) is 5.53. The molecule has 1 nitrogen and oxygen atoms in total. The molecule has 0 saturated heterocycles. The summed E-state index contributed by atoms with van der Waals surface area (Å²) >= 11 is 5.05. The van der Waals surface area contributed by atoms with Gasteiger partial charge in [0, 0.05) is 10.6 Å². The van der Waals surface area contributed by atoms with Crippen LogP contribution in [0.1, 0.15) is 36.6 Å². The molecular weight excluding hydrogens is 337 g/mol. The minimum atomic E-state index is -0.218. The summed E-state index contributed by atoms with van der Waals surface area (Å²) in [5.41, 5.74) is 0.976. The molecule has 1 aliphatic carbocycles. The fraction of sp³-hybridized carbons (Fsp3) is 0.375. The van der Waals surface area contributed by atoms with Gasteiger partial charge < -0.3 is 5.32 Å². The maximum Gasteiger partial charge on any atom is 0.137 e. The molecule has 0 aliphatic heterocycles. The molecule has 1 atom stereocenters. The number of benzene rings is 1. The van der Waals surface area contributed by atoms with Crippen LogP contribution in [-0.2, 0) is 0 Å². The molecule has 1 fully saturated rings. The van der Waals surface area contributed by atoms with Crippen LogP contribution in [-0.4, -0.2) is 0 Å². The molecule has 3 rings (SSSR count). The molecule has 0 spiro atoms. The van der Waals surface area contributed by atoms with Crippen LogP contribution in [0.3, 0.4) is 0 Å². The van der Waals surface area contributed by atoms with Crippen LogP contribution < -0.4 is 5.32 Å². The van der Waals surface area contributed by atoms with Crippen molar-refractivity contribution in [3.8, 4) is 0 Å². The van der Waals surface area contributed by atoms with Crippen LogP contribution in [0.25, 0.3) is 0 Å². The normalized spacial score (nSPS) is 17.3. The molecule has 4 heteroatoms. The zero-order valence-corrected chi connectivity index (χ0v) is 13.5. The molecule has 0 radical (unpaired) electrons. The maximum atomic E-state index is 13.3. The molecule has 20 heavy (non-hydrogen) atoms. The maximum absolute atomic E-state index is 13.3. The highest BCUT2D eigenvalue weighted by Crippen LogP contribution is 2.39. The van der Waals surface area contributed by atoms with E-state index in [0.29, 0.717) is 16.4 Å². The molecular formula is C16H17BrFNS. The first-order chi connectivity index (χ1) is 9.74. The first-order valence-corrected chi connectivity index (χ1v) is 8.66. The van der Waals surface area contributed by atoms with Crippen molar-refractivity contribution < 1.29 is 4.39 Å². The second-order valence-electron chi connectivity index (χ2n) is 5.31. The van der Waals surface area contributed by atoms with Gasteiger partial charge in [0.1, 0.15) is 5.82 Å². The topological polar surface area (TPSA) is 12.0 Å². The summed E-state index contributed by atoms with van der Waals surface area (Å²) in [6.45, 7) is 0. The quantitative estimate of drug-likeness (QED) is 0.711. The van der Waals surface area contributed by atoms with Crippen LogP contribution in [0.15, 0.2) is 40.2 Å². The van der Waals surface area contributed by atoms with Crippen molar-refractivity contribution in [2.24, 2.45) is 5.92 Å². The highest BCUT2D eigenvalue weighted by atomic mass is 79.9. The van der Waals surface area contributed by atoms with Gasteiger partial charge in [0.25, 0.3) is 0 Å². The summed E-state index contributed by atoms with van der Waals surface area (Å²) < 4.78 is 13.9. The van der Waals surface area contributed by atoms with Gasteiger partial charge in [0.15, 0.2) is 0 Å². The number of hydrogen-bond acceptors (Lipinski definition) is 2. The van der Waals surface area contributed by atoms with Crippen LogP contribution in [0.5, 0.6) is 0 Å². The summed E-state index contributed by atoms with van der Waals surface area (Å²) in [5, 5.41) is 5.73. The number of hydrogen-bond donors (Lipinski definition) is 1. The van der Waals surface area contributed by atoms with Gasteiger partial charge in [0.2, 0.25) is 0 Å². The molecule has 1 unspecified atom stereocenters. The van der Waals surface area contributed by atoms with Gasteiger partial charge in [-0.3, -0.25) is 0 Å². The predicted octanol–water partition coefficient (Wildman–Crippen LogP) is 5.99. The Kier molecular flexibility index (Phi) is 4.41. The van der Waals surface area contributed by atoms with E-state index in [1.54, 1.807) is 11.3 Å². The summed E-state index contributed by atoms with van der Waals surface area (Å²) in [4.78, 5) is 1.37. The SMILES string of the molecule is Fc1ccc(NC(c2cccs2)C2CCCC2)cc1Br. The highest BCUT2D eigenvalue weighted by Gasteiger charge is 2.27. The Morgan fingerprint density at radius 2 is 2.05 bits per heavy atom. The van der Waals surface area contributed by atoms with E-state index in [0.717, 1.165) is 5.69 Å². The molecule has 1 aromatic carbocycles. The van der Waals surface area contributed by atoms with Crippen molar-refractivity contribution in [3.63, 3.8) is 0 Å². The standard InChI is InChI=1S/C16H17BrFNS/c17-13-10-12(7-8-14(13)18)19-16(11-4-1-2-5-11)15-6-3-9-20-15/h3,6-11,16,19H,1-2,4-5H2. The molecule has 1 N–H and O–H groups in total. The minimum Gasteiger partial charge on any atom is -0.377 e. The van der Waals surface area contributed by atoms with Gasteiger partial charge in [0.05, 0.1) is 10.5 Å². The number of anilines is 1. The number of thiophene rings is 1. The lowest BCUT2D eigenvalue weighted by Gasteiger charge is -2.25. The van der Waals surface area contributed by atoms with Crippen molar-refractivity contribution in [2.45, 2.75) is 31.7 Å². The Hall–Kier alpha value is -0.870. The molecule has 1 heterocycles. The monoisotopic (exact) mass is 353 g/mol. The number of nitrogens with one attached hydrogen (secondary N) is 1. The molecule has 1 aromatic heterocycles. The molecule has 1 aliphatic rings. The summed E-state index contributed by atoms with van der Waals surface area (Å²) in [6.07, 6.45) is 5.19. The molecule has 0 bridgehead atoms. The van der Waals surface area contributed by atoms with Gasteiger partial charge in [-0.25, -0.2) is 4.39 Å². The van der Waals surface area contributed by atoms with Crippen LogP contribution in [0, 0.1) is 11.7 Å². The zero-order valence-electron chi connectivity index (χ0n) is 11.1. The zero-order chi connectivity index (χ0) is 13.9. The van der Waals surface area contributed by atoms with Crippen LogP contribution >= 0.6 is 27.3 Å². The molecule has 106 valence electrons. The summed E-state index contributed by atoms with van der Waals surface area (Å²) in [7, 11) is 0.